The van der Waals surface area contributed by atoms with Crippen LogP contribution in [-0.2, 0) is 23.0 Å². The van der Waals surface area contributed by atoms with Gasteiger partial charge in [0.25, 0.3) is 5.69 Å². The minimum Gasteiger partial charge on any atom is -0.408 e. The molecule has 0 spiro atoms. The summed E-state index contributed by atoms with van der Waals surface area (Å²) in [5.41, 5.74) is 1.49. The number of fused-ring (bicyclic) bond motifs is 1. The summed E-state index contributed by atoms with van der Waals surface area (Å²) in [4.78, 5) is 21.9. The number of rotatable bonds is 7. The molecule has 0 bridgehead atoms. The number of benzene rings is 2. The third-order valence-corrected chi connectivity index (χ3v) is 5.58. The Morgan fingerprint density at radius 2 is 1.89 bits per heavy atom. The zero-order valence-electron chi connectivity index (χ0n) is 14.4. The third kappa shape index (κ3) is 3.91. The minimum absolute atomic E-state index is 0.00398. The van der Waals surface area contributed by atoms with E-state index in [1.807, 2.05) is 0 Å². The maximum absolute atomic E-state index is 12.4. The van der Waals surface area contributed by atoms with Crippen molar-refractivity contribution in [1.29, 1.82) is 0 Å². The van der Waals surface area contributed by atoms with E-state index in [9.17, 15) is 23.3 Å². The average Bonchev–Trinajstić information content (AvgIpc) is 2.96. The lowest BCUT2D eigenvalue weighted by molar-refractivity contribution is -0.384. The number of hydrogen-bond acceptors (Lipinski definition) is 6. The summed E-state index contributed by atoms with van der Waals surface area (Å²) >= 11 is 0. The smallest absolute Gasteiger partial charge is 0.408 e. The molecule has 1 heterocycles. The van der Waals surface area contributed by atoms with Gasteiger partial charge in [-0.15, -0.1) is 0 Å². The molecule has 0 saturated heterocycles. The SMILES string of the molecule is CCn1c(=O)oc2cc(S(=O)(=O)NCCc3ccc([N+](=O)[O-])cc3)ccc21. The van der Waals surface area contributed by atoms with Gasteiger partial charge >= 0.3 is 5.76 Å². The molecule has 1 N–H and O–H groups in total. The molecule has 0 aliphatic heterocycles. The normalized spacial score (nSPS) is 11.7. The maximum atomic E-state index is 12.4. The Hall–Kier alpha value is -2.98. The average molecular weight is 391 g/mol. The molecule has 0 radical (unpaired) electrons. The Morgan fingerprint density at radius 3 is 2.52 bits per heavy atom. The van der Waals surface area contributed by atoms with E-state index in [-0.39, 0.29) is 22.7 Å². The van der Waals surface area contributed by atoms with Crippen molar-refractivity contribution in [3.63, 3.8) is 0 Å². The van der Waals surface area contributed by atoms with Crippen LogP contribution in [0.1, 0.15) is 12.5 Å². The summed E-state index contributed by atoms with van der Waals surface area (Å²) in [6.07, 6.45) is 0.376. The molecule has 27 heavy (non-hydrogen) atoms. The first-order valence-electron chi connectivity index (χ1n) is 8.18. The Kier molecular flexibility index (Phi) is 5.10. The van der Waals surface area contributed by atoms with E-state index in [0.717, 1.165) is 5.56 Å². The van der Waals surface area contributed by atoms with Crippen molar-refractivity contribution in [3.8, 4) is 0 Å². The van der Waals surface area contributed by atoms with E-state index in [0.29, 0.717) is 18.5 Å². The largest absolute Gasteiger partial charge is 0.419 e. The molecule has 0 aliphatic rings. The van der Waals surface area contributed by atoms with E-state index in [1.165, 1.54) is 34.9 Å². The number of nitrogens with zero attached hydrogens (tertiary/aromatic N) is 2. The van der Waals surface area contributed by atoms with Crippen molar-refractivity contribution >= 4 is 26.8 Å². The second-order valence-electron chi connectivity index (χ2n) is 5.81. The van der Waals surface area contributed by atoms with Gasteiger partial charge in [-0.1, -0.05) is 12.1 Å². The molecule has 0 saturated carbocycles. The van der Waals surface area contributed by atoms with E-state index >= 15 is 0 Å². The number of sulfonamides is 1. The fraction of sp³-hybridized carbons (Fsp3) is 0.235. The van der Waals surface area contributed by atoms with Gasteiger partial charge in [-0.2, -0.15) is 0 Å². The quantitative estimate of drug-likeness (QED) is 0.485. The van der Waals surface area contributed by atoms with Gasteiger partial charge in [0.05, 0.1) is 15.3 Å². The van der Waals surface area contributed by atoms with Gasteiger partial charge < -0.3 is 4.42 Å². The molecule has 0 aliphatic carbocycles. The highest BCUT2D eigenvalue weighted by molar-refractivity contribution is 7.89. The molecule has 0 amide bonds. The van der Waals surface area contributed by atoms with Crippen LogP contribution in [0.15, 0.2) is 56.6 Å². The first-order chi connectivity index (χ1) is 12.8. The van der Waals surface area contributed by atoms with E-state index in [4.69, 9.17) is 4.42 Å². The highest BCUT2D eigenvalue weighted by atomic mass is 32.2. The summed E-state index contributed by atoms with van der Waals surface area (Å²) < 4.78 is 33.9. The molecule has 10 heteroatoms. The predicted octanol–water partition coefficient (Wildman–Crippen LogP) is 2.04. The molecule has 9 nitrogen and oxygen atoms in total. The van der Waals surface area contributed by atoms with Gasteiger partial charge in [0.15, 0.2) is 5.58 Å². The maximum Gasteiger partial charge on any atom is 0.419 e. The summed E-state index contributed by atoms with van der Waals surface area (Å²) in [5.74, 6) is -0.534. The fourth-order valence-corrected chi connectivity index (χ4v) is 3.76. The molecule has 2 aromatic carbocycles. The van der Waals surface area contributed by atoms with Crippen molar-refractivity contribution in [1.82, 2.24) is 9.29 Å². The summed E-state index contributed by atoms with van der Waals surface area (Å²) in [6.45, 7) is 2.34. The zero-order chi connectivity index (χ0) is 19.6. The first-order valence-corrected chi connectivity index (χ1v) is 9.66. The molecule has 0 atom stereocenters. The van der Waals surface area contributed by atoms with E-state index in [1.54, 1.807) is 19.1 Å². The summed E-state index contributed by atoms with van der Waals surface area (Å²) in [5, 5.41) is 10.6. The van der Waals surface area contributed by atoms with Crippen LogP contribution in [0.3, 0.4) is 0 Å². The highest BCUT2D eigenvalue weighted by Gasteiger charge is 2.17. The second-order valence-corrected chi connectivity index (χ2v) is 7.58. The predicted molar refractivity (Wildman–Crippen MR) is 98.1 cm³/mol. The van der Waals surface area contributed by atoms with Gasteiger partial charge in [-0.25, -0.2) is 17.9 Å². The Morgan fingerprint density at radius 1 is 1.19 bits per heavy atom. The van der Waals surface area contributed by atoms with Gasteiger partial charge in [0, 0.05) is 31.3 Å². The minimum atomic E-state index is -3.78. The molecule has 1 aromatic heterocycles. The van der Waals surface area contributed by atoms with Crippen molar-refractivity contribution in [2.45, 2.75) is 24.8 Å². The lowest BCUT2D eigenvalue weighted by atomic mass is 10.1. The molecule has 0 fully saturated rings. The Bertz CT molecular complexity index is 1150. The number of nitro groups is 1. The lowest BCUT2D eigenvalue weighted by Gasteiger charge is -2.07. The molecule has 0 unspecified atom stereocenters. The third-order valence-electron chi connectivity index (χ3n) is 4.12. The molecular weight excluding hydrogens is 374 g/mol. The monoisotopic (exact) mass is 391 g/mol. The number of hydrogen-bond donors (Lipinski definition) is 1. The van der Waals surface area contributed by atoms with Crippen molar-refractivity contribution in [2.24, 2.45) is 0 Å². The van der Waals surface area contributed by atoms with Crippen molar-refractivity contribution in [2.75, 3.05) is 6.54 Å². The summed E-state index contributed by atoms with van der Waals surface area (Å²) in [6, 6.07) is 10.2. The summed E-state index contributed by atoms with van der Waals surface area (Å²) in [7, 11) is -3.78. The van der Waals surface area contributed by atoms with Crippen LogP contribution >= 0.6 is 0 Å². The van der Waals surface area contributed by atoms with Crippen LogP contribution in [0, 0.1) is 10.1 Å². The Balaban J connectivity index is 1.72. The van der Waals surface area contributed by atoms with Crippen LogP contribution < -0.4 is 10.5 Å². The first kappa shape index (κ1) is 18.8. The van der Waals surface area contributed by atoms with Crippen LogP contribution in [0.25, 0.3) is 11.1 Å². The lowest BCUT2D eigenvalue weighted by Crippen LogP contribution is -2.26. The van der Waals surface area contributed by atoms with Gasteiger partial charge in [-0.3, -0.25) is 14.7 Å². The fourth-order valence-electron chi connectivity index (χ4n) is 2.71. The zero-order valence-corrected chi connectivity index (χ0v) is 15.2. The molecular formula is C17H17N3O6S. The van der Waals surface area contributed by atoms with Crippen LogP contribution in [0.4, 0.5) is 5.69 Å². The number of aryl methyl sites for hydroxylation is 1. The van der Waals surface area contributed by atoms with Gasteiger partial charge in [-0.05, 0) is 31.0 Å². The van der Waals surface area contributed by atoms with Crippen LogP contribution in [0.2, 0.25) is 0 Å². The standard InChI is InChI=1S/C17H17N3O6S/c1-2-19-15-8-7-14(11-16(15)26-17(19)21)27(24,25)18-10-9-12-3-5-13(6-4-12)20(22)23/h3-8,11,18H,2,9-10H2,1H3. The molecule has 3 rings (SSSR count). The van der Waals surface area contributed by atoms with E-state index in [2.05, 4.69) is 4.72 Å². The molecule has 142 valence electrons. The van der Waals surface area contributed by atoms with Crippen molar-refractivity contribution < 1.29 is 17.8 Å². The Labute approximate surface area is 154 Å². The second kappa shape index (κ2) is 7.33. The highest BCUT2D eigenvalue weighted by Crippen LogP contribution is 2.18. The van der Waals surface area contributed by atoms with E-state index < -0.39 is 20.7 Å². The number of nitrogens with one attached hydrogen (secondary N) is 1. The number of nitro benzene ring substituents is 1. The van der Waals surface area contributed by atoms with Crippen LogP contribution in [-0.4, -0.2) is 24.5 Å². The van der Waals surface area contributed by atoms with Crippen molar-refractivity contribution in [3.05, 3.63) is 68.7 Å². The van der Waals surface area contributed by atoms with Gasteiger partial charge in [0.1, 0.15) is 0 Å². The van der Waals surface area contributed by atoms with Gasteiger partial charge in [0.2, 0.25) is 10.0 Å². The number of oxazole rings is 1. The topological polar surface area (TPSA) is 124 Å². The number of non-ortho nitro benzene ring substituents is 1. The molecule has 3 aromatic rings. The number of aromatic nitrogens is 1. The van der Waals surface area contributed by atoms with Crippen LogP contribution in [0.5, 0.6) is 0 Å².